The first-order valence-corrected chi connectivity index (χ1v) is 5.64. The summed E-state index contributed by atoms with van der Waals surface area (Å²) in [6, 6.07) is 6.26. The lowest BCUT2D eigenvalue weighted by Gasteiger charge is -2.29. The Labute approximate surface area is 105 Å². The Morgan fingerprint density at radius 2 is 2.17 bits per heavy atom. The zero-order chi connectivity index (χ0) is 13.3. The molecule has 1 fully saturated rings. The van der Waals surface area contributed by atoms with E-state index in [-0.39, 0.29) is 12.3 Å². The van der Waals surface area contributed by atoms with Gasteiger partial charge in [0.05, 0.1) is 7.11 Å². The van der Waals surface area contributed by atoms with Gasteiger partial charge in [-0.3, -0.25) is 4.79 Å². The minimum Gasteiger partial charge on any atom is -0.496 e. The van der Waals surface area contributed by atoms with Crippen molar-refractivity contribution in [1.82, 2.24) is 5.32 Å². The van der Waals surface area contributed by atoms with E-state index in [1.54, 1.807) is 19.1 Å². The van der Waals surface area contributed by atoms with Gasteiger partial charge in [-0.05, 0) is 6.07 Å². The summed E-state index contributed by atoms with van der Waals surface area (Å²) in [5, 5.41) is 11.7. The lowest BCUT2D eigenvalue weighted by atomic mass is 9.75. The lowest BCUT2D eigenvalue weighted by Crippen LogP contribution is -2.44. The van der Waals surface area contributed by atoms with E-state index in [0.717, 1.165) is 5.56 Å². The fourth-order valence-corrected chi connectivity index (χ4v) is 2.51. The minimum absolute atomic E-state index is 0.143. The van der Waals surface area contributed by atoms with E-state index in [9.17, 15) is 14.7 Å². The Morgan fingerprint density at radius 1 is 1.50 bits per heavy atom. The number of aliphatic carboxylic acids is 1. The molecule has 5 nitrogen and oxygen atoms in total. The van der Waals surface area contributed by atoms with Gasteiger partial charge in [0.1, 0.15) is 11.8 Å². The number of amides is 1. The summed E-state index contributed by atoms with van der Waals surface area (Å²) >= 11 is 0. The lowest BCUT2D eigenvalue weighted by molar-refractivity contribution is -0.141. The molecule has 96 valence electrons. The van der Waals surface area contributed by atoms with Crippen molar-refractivity contribution in [3.8, 4) is 5.75 Å². The maximum absolute atomic E-state index is 11.5. The molecule has 5 heteroatoms. The largest absolute Gasteiger partial charge is 0.496 e. The van der Waals surface area contributed by atoms with Crippen molar-refractivity contribution in [2.24, 2.45) is 0 Å². The summed E-state index contributed by atoms with van der Waals surface area (Å²) in [5.74, 6) is -0.687. The molecule has 2 unspecified atom stereocenters. The number of carboxylic acid groups (broad SMARTS) is 1. The monoisotopic (exact) mass is 249 g/mol. The van der Waals surface area contributed by atoms with E-state index >= 15 is 0 Å². The van der Waals surface area contributed by atoms with Gasteiger partial charge in [-0.1, -0.05) is 25.1 Å². The van der Waals surface area contributed by atoms with Crippen molar-refractivity contribution in [2.75, 3.05) is 7.11 Å². The molecule has 2 N–H and O–H groups in total. The van der Waals surface area contributed by atoms with Crippen LogP contribution >= 0.6 is 0 Å². The van der Waals surface area contributed by atoms with Gasteiger partial charge in [0, 0.05) is 17.4 Å². The molecule has 2 rings (SSSR count). The summed E-state index contributed by atoms with van der Waals surface area (Å²) in [7, 11) is 1.53. The van der Waals surface area contributed by atoms with Crippen LogP contribution in [0, 0.1) is 0 Å². The van der Waals surface area contributed by atoms with Gasteiger partial charge in [0.25, 0.3) is 0 Å². The normalized spacial score (nSPS) is 26.8. The quantitative estimate of drug-likeness (QED) is 0.835. The number of carbonyl (C=O) groups excluding carboxylic acids is 1. The Morgan fingerprint density at radius 3 is 2.78 bits per heavy atom. The number of methoxy groups -OCH3 is 1. The molecule has 0 radical (unpaired) electrons. The number of ether oxygens (including phenoxy) is 1. The third kappa shape index (κ3) is 1.81. The van der Waals surface area contributed by atoms with Gasteiger partial charge in [-0.15, -0.1) is 0 Å². The van der Waals surface area contributed by atoms with Crippen LogP contribution in [0.3, 0.4) is 0 Å². The Bertz CT molecular complexity index is 500. The van der Waals surface area contributed by atoms with E-state index < -0.39 is 17.4 Å². The molecule has 1 aromatic carbocycles. The van der Waals surface area contributed by atoms with Crippen LogP contribution in [0.2, 0.25) is 0 Å². The van der Waals surface area contributed by atoms with E-state index in [1.165, 1.54) is 7.11 Å². The number of benzene rings is 1. The zero-order valence-electron chi connectivity index (χ0n) is 10.3. The Balaban J connectivity index is 2.52. The van der Waals surface area contributed by atoms with E-state index in [0.29, 0.717) is 5.75 Å². The molecule has 18 heavy (non-hydrogen) atoms. The summed E-state index contributed by atoms with van der Waals surface area (Å²) in [5.41, 5.74) is -0.0616. The molecule has 1 aromatic rings. The van der Waals surface area contributed by atoms with Crippen molar-refractivity contribution in [3.05, 3.63) is 29.8 Å². The molecule has 1 heterocycles. The second-order valence-corrected chi connectivity index (χ2v) is 4.63. The maximum atomic E-state index is 11.5. The number of carbonyl (C=O) groups is 2. The molecule has 0 saturated carbocycles. The molecule has 1 aliphatic heterocycles. The molecule has 1 saturated heterocycles. The van der Waals surface area contributed by atoms with Crippen LogP contribution in [0.5, 0.6) is 5.75 Å². The molecule has 0 aromatic heterocycles. The van der Waals surface area contributed by atoms with Crippen molar-refractivity contribution < 1.29 is 19.4 Å². The highest BCUT2D eigenvalue weighted by Gasteiger charge is 2.49. The van der Waals surface area contributed by atoms with Crippen LogP contribution in [0.25, 0.3) is 0 Å². The van der Waals surface area contributed by atoms with E-state index in [1.807, 2.05) is 12.1 Å². The number of hydrogen-bond donors (Lipinski definition) is 2. The first-order chi connectivity index (χ1) is 8.49. The molecular weight excluding hydrogens is 234 g/mol. The highest BCUT2D eigenvalue weighted by atomic mass is 16.5. The number of nitrogens with one attached hydrogen (secondary N) is 1. The smallest absolute Gasteiger partial charge is 0.327 e. The van der Waals surface area contributed by atoms with Crippen molar-refractivity contribution in [3.63, 3.8) is 0 Å². The topological polar surface area (TPSA) is 75.6 Å². The molecule has 1 aliphatic rings. The van der Waals surface area contributed by atoms with Gasteiger partial charge in [0.2, 0.25) is 5.91 Å². The third-order valence-corrected chi connectivity index (χ3v) is 3.44. The fraction of sp³-hybridized carbons (Fsp3) is 0.385. The van der Waals surface area contributed by atoms with Gasteiger partial charge in [-0.2, -0.15) is 0 Å². The highest BCUT2D eigenvalue weighted by Crippen LogP contribution is 2.40. The molecule has 2 atom stereocenters. The van der Waals surface area contributed by atoms with Gasteiger partial charge < -0.3 is 15.2 Å². The third-order valence-electron chi connectivity index (χ3n) is 3.44. The van der Waals surface area contributed by atoms with Crippen LogP contribution in [0.4, 0.5) is 0 Å². The standard InChI is InChI=1S/C13H15NO4/c1-13(7-10(15)14-11(13)12(16)17)8-5-3-4-6-9(8)18-2/h3-6,11H,7H2,1-2H3,(H,14,15)(H,16,17). The maximum Gasteiger partial charge on any atom is 0.327 e. The first-order valence-electron chi connectivity index (χ1n) is 5.64. The second kappa shape index (κ2) is 4.33. The number of carboxylic acids is 1. The number of rotatable bonds is 3. The van der Waals surface area contributed by atoms with Crippen molar-refractivity contribution >= 4 is 11.9 Å². The van der Waals surface area contributed by atoms with Crippen LogP contribution in [-0.2, 0) is 15.0 Å². The second-order valence-electron chi connectivity index (χ2n) is 4.63. The van der Waals surface area contributed by atoms with Crippen molar-refractivity contribution in [2.45, 2.75) is 24.8 Å². The molecule has 0 aliphatic carbocycles. The van der Waals surface area contributed by atoms with Crippen LogP contribution < -0.4 is 10.1 Å². The molecular formula is C13H15NO4. The summed E-state index contributed by atoms with van der Waals surface area (Å²) < 4.78 is 5.25. The predicted molar refractivity (Wildman–Crippen MR) is 64.5 cm³/mol. The predicted octanol–water partition coefficient (Wildman–Crippen LogP) is 0.926. The first kappa shape index (κ1) is 12.4. The average Bonchev–Trinajstić information content (AvgIpc) is 2.66. The molecule has 0 spiro atoms. The van der Waals surface area contributed by atoms with Gasteiger partial charge >= 0.3 is 5.97 Å². The Hall–Kier alpha value is -2.04. The molecule has 1 amide bonds. The number of para-hydroxylation sites is 1. The van der Waals surface area contributed by atoms with Gasteiger partial charge in [0.15, 0.2) is 0 Å². The van der Waals surface area contributed by atoms with Gasteiger partial charge in [-0.25, -0.2) is 4.79 Å². The summed E-state index contributed by atoms with van der Waals surface area (Å²) in [6.07, 6.45) is 0.143. The highest BCUT2D eigenvalue weighted by molar-refractivity contribution is 5.91. The number of hydrogen-bond acceptors (Lipinski definition) is 3. The van der Waals surface area contributed by atoms with Crippen molar-refractivity contribution in [1.29, 1.82) is 0 Å². The fourth-order valence-electron chi connectivity index (χ4n) is 2.51. The Kier molecular flexibility index (Phi) is 2.98. The zero-order valence-corrected chi connectivity index (χ0v) is 10.3. The van der Waals surface area contributed by atoms with Crippen LogP contribution in [0.1, 0.15) is 18.9 Å². The van der Waals surface area contributed by atoms with E-state index in [2.05, 4.69) is 5.32 Å². The average molecular weight is 249 g/mol. The summed E-state index contributed by atoms with van der Waals surface area (Å²) in [4.78, 5) is 22.8. The van der Waals surface area contributed by atoms with Crippen LogP contribution in [-0.4, -0.2) is 30.1 Å². The van der Waals surface area contributed by atoms with Crippen LogP contribution in [0.15, 0.2) is 24.3 Å². The molecule has 0 bridgehead atoms. The SMILES string of the molecule is COc1ccccc1C1(C)CC(=O)NC1C(=O)O. The minimum atomic E-state index is -1.03. The summed E-state index contributed by atoms with van der Waals surface area (Å²) in [6.45, 7) is 1.77. The van der Waals surface area contributed by atoms with E-state index in [4.69, 9.17) is 4.74 Å².